The fourth-order valence-electron chi connectivity index (χ4n) is 1.33. The van der Waals surface area contributed by atoms with Crippen molar-refractivity contribution in [3.05, 3.63) is 35.0 Å². The Morgan fingerprint density at radius 3 is 2.80 bits per heavy atom. The van der Waals surface area contributed by atoms with E-state index < -0.39 is 0 Å². The van der Waals surface area contributed by atoms with Crippen molar-refractivity contribution in [2.75, 3.05) is 5.32 Å². The molecule has 0 saturated heterocycles. The first kappa shape index (κ1) is 10.4. The van der Waals surface area contributed by atoms with E-state index in [-0.39, 0.29) is 0 Å². The van der Waals surface area contributed by atoms with Gasteiger partial charge in [0.05, 0.1) is 11.7 Å². The average Bonchev–Trinajstić information content (AvgIpc) is 2.65. The van der Waals surface area contributed by atoms with Gasteiger partial charge < -0.3 is 5.32 Å². The van der Waals surface area contributed by atoms with E-state index in [4.69, 9.17) is 11.6 Å². The summed E-state index contributed by atoms with van der Waals surface area (Å²) in [5.74, 6) is 0.627. The minimum Gasteiger partial charge on any atom is -0.337 e. The molecule has 78 valence electrons. The number of nitrogens with zero attached hydrogens (tertiary/aromatic N) is 2. The molecule has 0 atom stereocenters. The number of hydrogen-bond acceptors (Lipinski definition) is 4. The second-order valence-corrected chi connectivity index (χ2v) is 3.93. The highest BCUT2D eigenvalue weighted by Crippen LogP contribution is 2.25. The van der Waals surface area contributed by atoms with Gasteiger partial charge in [0.15, 0.2) is 11.0 Å². The molecule has 0 saturated carbocycles. The van der Waals surface area contributed by atoms with Gasteiger partial charge in [-0.3, -0.25) is 0 Å². The minimum absolute atomic E-state index is 0.422. The third kappa shape index (κ3) is 2.27. The number of halogens is 1. The fourth-order valence-corrected chi connectivity index (χ4v) is 1.98. The largest absolute Gasteiger partial charge is 0.337 e. The third-order valence-electron chi connectivity index (χ3n) is 2.10. The lowest BCUT2D eigenvalue weighted by molar-refractivity contribution is 1.14. The molecule has 0 spiro atoms. The van der Waals surface area contributed by atoms with E-state index >= 15 is 0 Å². The van der Waals surface area contributed by atoms with Crippen LogP contribution in [0, 0.1) is 0 Å². The van der Waals surface area contributed by atoms with Gasteiger partial charge in [-0.2, -0.15) is 8.75 Å². The van der Waals surface area contributed by atoms with Crippen molar-refractivity contribution in [2.45, 2.75) is 13.3 Å². The van der Waals surface area contributed by atoms with Crippen molar-refractivity contribution in [1.82, 2.24) is 8.75 Å². The Labute approximate surface area is 97.4 Å². The van der Waals surface area contributed by atoms with Crippen LogP contribution in [0.3, 0.4) is 0 Å². The number of nitrogens with one attached hydrogen (secondary N) is 1. The Kier molecular flexibility index (Phi) is 3.18. The predicted molar refractivity (Wildman–Crippen MR) is 64.0 cm³/mol. The van der Waals surface area contributed by atoms with E-state index in [1.54, 1.807) is 0 Å². The summed E-state index contributed by atoms with van der Waals surface area (Å²) in [4.78, 5) is 0. The van der Waals surface area contributed by atoms with Crippen molar-refractivity contribution in [2.24, 2.45) is 0 Å². The molecule has 0 unspecified atom stereocenters. The maximum absolute atomic E-state index is 5.86. The Morgan fingerprint density at radius 2 is 2.13 bits per heavy atom. The van der Waals surface area contributed by atoms with Gasteiger partial charge in [0, 0.05) is 5.69 Å². The van der Waals surface area contributed by atoms with Crippen LogP contribution >= 0.6 is 23.3 Å². The molecule has 0 aliphatic heterocycles. The van der Waals surface area contributed by atoms with E-state index in [0.29, 0.717) is 11.0 Å². The molecule has 15 heavy (non-hydrogen) atoms. The van der Waals surface area contributed by atoms with Crippen LogP contribution < -0.4 is 5.32 Å². The summed E-state index contributed by atoms with van der Waals surface area (Å²) >= 11 is 6.96. The van der Waals surface area contributed by atoms with Gasteiger partial charge in [0.25, 0.3) is 0 Å². The number of hydrogen-bond donors (Lipinski definition) is 1. The van der Waals surface area contributed by atoms with E-state index in [9.17, 15) is 0 Å². The number of rotatable bonds is 3. The van der Waals surface area contributed by atoms with E-state index in [0.717, 1.165) is 23.8 Å². The smallest absolute Gasteiger partial charge is 0.187 e. The Morgan fingerprint density at radius 1 is 1.33 bits per heavy atom. The molecular weight excluding hydrogens is 230 g/mol. The Bertz CT molecular complexity index is 455. The maximum atomic E-state index is 5.86. The first-order valence-corrected chi connectivity index (χ1v) is 5.75. The first-order valence-electron chi connectivity index (χ1n) is 4.64. The van der Waals surface area contributed by atoms with Crippen LogP contribution in [0.5, 0.6) is 0 Å². The van der Waals surface area contributed by atoms with Gasteiger partial charge >= 0.3 is 0 Å². The number of anilines is 2. The second kappa shape index (κ2) is 4.59. The zero-order valence-electron chi connectivity index (χ0n) is 8.20. The Balaban J connectivity index is 2.28. The van der Waals surface area contributed by atoms with Gasteiger partial charge in [-0.15, -0.1) is 0 Å². The Hall–Kier alpha value is -1.13. The second-order valence-electron chi connectivity index (χ2n) is 3.04. The number of aryl methyl sites for hydroxylation is 1. The summed E-state index contributed by atoms with van der Waals surface area (Å²) in [7, 11) is 0. The zero-order valence-corrected chi connectivity index (χ0v) is 9.77. The van der Waals surface area contributed by atoms with Gasteiger partial charge in [0.2, 0.25) is 0 Å². The lowest BCUT2D eigenvalue weighted by atomic mass is 10.1. The molecule has 0 bridgehead atoms. The van der Waals surface area contributed by atoms with Crippen LogP contribution in [-0.4, -0.2) is 8.75 Å². The molecule has 1 aromatic heterocycles. The predicted octanol–water partition coefficient (Wildman–Crippen LogP) is 3.50. The van der Waals surface area contributed by atoms with Crippen molar-refractivity contribution in [3.63, 3.8) is 0 Å². The first-order chi connectivity index (χ1) is 7.31. The molecule has 0 amide bonds. The highest BCUT2D eigenvalue weighted by Gasteiger charge is 2.06. The van der Waals surface area contributed by atoms with E-state index in [1.807, 2.05) is 18.2 Å². The molecule has 0 aliphatic rings. The summed E-state index contributed by atoms with van der Waals surface area (Å²) in [5.41, 5.74) is 2.27. The molecule has 5 heteroatoms. The molecule has 2 aromatic rings. The van der Waals surface area contributed by atoms with Crippen LogP contribution in [0.2, 0.25) is 5.15 Å². The van der Waals surface area contributed by atoms with Gasteiger partial charge in [-0.1, -0.05) is 36.7 Å². The summed E-state index contributed by atoms with van der Waals surface area (Å²) in [6.07, 6.45) is 0.971. The van der Waals surface area contributed by atoms with Crippen LogP contribution in [0.15, 0.2) is 24.3 Å². The zero-order chi connectivity index (χ0) is 10.7. The van der Waals surface area contributed by atoms with Crippen LogP contribution in [-0.2, 0) is 6.42 Å². The van der Waals surface area contributed by atoms with Crippen LogP contribution in [0.25, 0.3) is 0 Å². The van der Waals surface area contributed by atoms with Crippen LogP contribution in [0.1, 0.15) is 12.5 Å². The minimum atomic E-state index is 0.422. The molecule has 3 nitrogen and oxygen atoms in total. The standard InChI is InChI=1S/C10H10ClN3S/c1-2-7-5-3-4-6-8(7)12-10-9(11)13-15-14-10/h3-6H,2H2,1H3,(H,12,14). The highest BCUT2D eigenvalue weighted by atomic mass is 35.5. The molecular formula is C10H10ClN3S. The highest BCUT2D eigenvalue weighted by molar-refractivity contribution is 6.99. The quantitative estimate of drug-likeness (QED) is 0.891. The number of benzene rings is 1. The topological polar surface area (TPSA) is 37.8 Å². The molecule has 1 aromatic carbocycles. The van der Waals surface area contributed by atoms with Crippen molar-refractivity contribution < 1.29 is 0 Å². The normalized spacial score (nSPS) is 10.3. The number of aromatic nitrogens is 2. The summed E-state index contributed by atoms with van der Waals surface area (Å²) < 4.78 is 7.98. The van der Waals surface area contributed by atoms with E-state index in [1.165, 1.54) is 5.56 Å². The molecule has 0 aliphatic carbocycles. The van der Waals surface area contributed by atoms with Crippen molar-refractivity contribution in [1.29, 1.82) is 0 Å². The van der Waals surface area contributed by atoms with Crippen LogP contribution in [0.4, 0.5) is 11.5 Å². The number of para-hydroxylation sites is 1. The summed E-state index contributed by atoms with van der Waals surface area (Å²) in [6, 6.07) is 8.09. The lowest BCUT2D eigenvalue weighted by Crippen LogP contribution is -1.95. The summed E-state index contributed by atoms with van der Waals surface area (Å²) in [5, 5.41) is 3.60. The van der Waals surface area contributed by atoms with Gasteiger partial charge in [0.1, 0.15) is 0 Å². The monoisotopic (exact) mass is 239 g/mol. The summed E-state index contributed by atoms with van der Waals surface area (Å²) in [6.45, 7) is 2.11. The molecule has 0 radical (unpaired) electrons. The maximum Gasteiger partial charge on any atom is 0.187 e. The van der Waals surface area contributed by atoms with Gasteiger partial charge in [-0.05, 0) is 18.1 Å². The third-order valence-corrected chi connectivity index (χ3v) is 2.99. The lowest BCUT2D eigenvalue weighted by Gasteiger charge is -2.07. The van der Waals surface area contributed by atoms with E-state index in [2.05, 4.69) is 27.1 Å². The molecule has 2 rings (SSSR count). The molecule has 1 N–H and O–H groups in total. The SMILES string of the molecule is CCc1ccccc1Nc1nsnc1Cl. The molecule has 0 fully saturated rings. The van der Waals surface area contributed by atoms with Crippen molar-refractivity contribution >= 4 is 34.8 Å². The van der Waals surface area contributed by atoms with Gasteiger partial charge in [-0.25, -0.2) is 0 Å². The fraction of sp³-hybridized carbons (Fsp3) is 0.200. The average molecular weight is 240 g/mol. The molecule has 1 heterocycles. The van der Waals surface area contributed by atoms with Crippen molar-refractivity contribution in [3.8, 4) is 0 Å².